The lowest BCUT2D eigenvalue weighted by Crippen LogP contribution is -2.37. The van der Waals surface area contributed by atoms with Crippen molar-refractivity contribution in [2.24, 2.45) is 11.8 Å². The first-order valence-electron chi connectivity index (χ1n) is 9.13. The van der Waals surface area contributed by atoms with E-state index in [1.165, 1.54) is 32.1 Å². The summed E-state index contributed by atoms with van der Waals surface area (Å²) in [5, 5.41) is 0. The summed E-state index contributed by atoms with van der Waals surface area (Å²) in [6.07, 6.45) is 8.74. The number of carbonyl (C=O) groups is 1. The molecule has 0 atom stereocenters. The number of piperidine rings is 1. The maximum Gasteiger partial charge on any atom is 0.253 e. The molecule has 1 saturated carbocycles. The smallest absolute Gasteiger partial charge is 0.253 e. The molecule has 0 bridgehead atoms. The van der Waals surface area contributed by atoms with Crippen LogP contribution in [-0.4, -0.2) is 23.9 Å². The molecule has 0 aromatic heterocycles. The van der Waals surface area contributed by atoms with Gasteiger partial charge in [-0.05, 0) is 55.9 Å². The Morgan fingerprint density at radius 3 is 2.30 bits per heavy atom. The number of hydrogen-bond donors (Lipinski definition) is 0. The third-order valence-corrected chi connectivity index (χ3v) is 5.23. The van der Waals surface area contributed by atoms with Gasteiger partial charge in [0.05, 0.1) is 0 Å². The summed E-state index contributed by atoms with van der Waals surface area (Å²) in [6, 6.07) is 7.86. The van der Waals surface area contributed by atoms with Gasteiger partial charge in [0.15, 0.2) is 0 Å². The Hall–Kier alpha value is -1.75. The topological polar surface area (TPSA) is 20.3 Å². The third-order valence-electron chi connectivity index (χ3n) is 5.23. The molecule has 1 aliphatic heterocycles. The Labute approximate surface area is 140 Å². The first kappa shape index (κ1) is 16.1. The van der Waals surface area contributed by atoms with Crippen LogP contribution in [0.15, 0.2) is 24.3 Å². The van der Waals surface area contributed by atoms with E-state index in [0.717, 1.165) is 43.0 Å². The number of carbonyl (C=O) groups excluding carboxylic acids is 1. The van der Waals surface area contributed by atoms with Crippen LogP contribution in [-0.2, 0) is 0 Å². The minimum absolute atomic E-state index is 0.170. The summed E-state index contributed by atoms with van der Waals surface area (Å²) >= 11 is 0. The average molecular weight is 309 g/mol. The van der Waals surface area contributed by atoms with Crippen LogP contribution in [0.3, 0.4) is 0 Å². The SMILES string of the molecule is CC1CCN(C(=O)c2ccc(C#CC3CCCCC3)cc2)CC1. The van der Waals surface area contributed by atoms with E-state index in [2.05, 4.69) is 18.8 Å². The lowest BCUT2D eigenvalue weighted by atomic mass is 9.89. The van der Waals surface area contributed by atoms with E-state index in [9.17, 15) is 4.79 Å². The van der Waals surface area contributed by atoms with Gasteiger partial charge in [0.1, 0.15) is 0 Å². The zero-order valence-electron chi connectivity index (χ0n) is 14.2. The highest BCUT2D eigenvalue weighted by Gasteiger charge is 2.21. The monoisotopic (exact) mass is 309 g/mol. The largest absolute Gasteiger partial charge is 0.339 e. The van der Waals surface area contributed by atoms with Crippen LogP contribution < -0.4 is 0 Å². The molecule has 1 heterocycles. The lowest BCUT2D eigenvalue weighted by Gasteiger charge is -2.30. The molecule has 2 aliphatic rings. The predicted octanol–water partition coefficient (Wildman–Crippen LogP) is 4.49. The molecule has 1 aromatic rings. The van der Waals surface area contributed by atoms with Gasteiger partial charge in [0, 0.05) is 30.1 Å². The zero-order valence-corrected chi connectivity index (χ0v) is 14.2. The lowest BCUT2D eigenvalue weighted by molar-refractivity contribution is 0.0697. The highest BCUT2D eigenvalue weighted by molar-refractivity contribution is 5.94. The maximum atomic E-state index is 12.5. The number of likely N-dealkylation sites (tertiary alicyclic amines) is 1. The maximum absolute atomic E-state index is 12.5. The van der Waals surface area contributed by atoms with E-state index in [-0.39, 0.29) is 5.91 Å². The molecule has 1 saturated heterocycles. The van der Waals surface area contributed by atoms with Crippen LogP contribution in [0, 0.1) is 23.7 Å². The van der Waals surface area contributed by atoms with E-state index in [1.807, 2.05) is 29.2 Å². The number of rotatable bonds is 1. The number of nitrogens with zero attached hydrogens (tertiary/aromatic N) is 1. The van der Waals surface area contributed by atoms with Crippen LogP contribution in [0.5, 0.6) is 0 Å². The zero-order chi connectivity index (χ0) is 16.1. The molecule has 2 heteroatoms. The van der Waals surface area contributed by atoms with Gasteiger partial charge in [-0.15, -0.1) is 0 Å². The molecule has 23 heavy (non-hydrogen) atoms. The fraction of sp³-hybridized carbons (Fsp3) is 0.571. The minimum Gasteiger partial charge on any atom is -0.339 e. The summed E-state index contributed by atoms with van der Waals surface area (Å²) in [5.74, 6) is 8.19. The molecule has 2 fully saturated rings. The normalized spacial score (nSPS) is 20.0. The third kappa shape index (κ3) is 4.38. The molecule has 0 radical (unpaired) electrons. The van der Waals surface area contributed by atoms with Gasteiger partial charge in [-0.2, -0.15) is 0 Å². The Morgan fingerprint density at radius 1 is 1.00 bits per heavy atom. The first-order chi connectivity index (χ1) is 11.2. The second kappa shape index (κ2) is 7.68. The Bertz CT molecular complexity index is 579. The van der Waals surface area contributed by atoms with Gasteiger partial charge in [0.25, 0.3) is 5.91 Å². The molecule has 0 unspecified atom stereocenters. The second-order valence-corrected chi connectivity index (χ2v) is 7.16. The number of hydrogen-bond acceptors (Lipinski definition) is 1. The van der Waals surface area contributed by atoms with Crippen molar-refractivity contribution in [2.75, 3.05) is 13.1 Å². The van der Waals surface area contributed by atoms with E-state index < -0.39 is 0 Å². The summed E-state index contributed by atoms with van der Waals surface area (Å²) < 4.78 is 0. The number of benzene rings is 1. The van der Waals surface area contributed by atoms with Gasteiger partial charge in [0.2, 0.25) is 0 Å². The van der Waals surface area contributed by atoms with Crippen molar-refractivity contribution in [3.05, 3.63) is 35.4 Å². The average Bonchev–Trinajstić information content (AvgIpc) is 2.61. The molecular formula is C21H27NO. The Kier molecular flexibility index (Phi) is 5.39. The standard InChI is InChI=1S/C21H27NO/c1-17-13-15-22(16-14-17)21(23)20-11-9-19(10-12-20)8-7-18-5-3-2-4-6-18/h9-12,17-18H,2-6,13-16H2,1H3. The van der Waals surface area contributed by atoms with Gasteiger partial charge >= 0.3 is 0 Å². The summed E-state index contributed by atoms with van der Waals surface area (Å²) in [4.78, 5) is 14.5. The minimum atomic E-state index is 0.170. The van der Waals surface area contributed by atoms with Gasteiger partial charge < -0.3 is 4.90 Å². The predicted molar refractivity (Wildman–Crippen MR) is 94.2 cm³/mol. The van der Waals surface area contributed by atoms with E-state index in [1.54, 1.807) is 0 Å². The molecule has 2 nitrogen and oxygen atoms in total. The second-order valence-electron chi connectivity index (χ2n) is 7.16. The van der Waals surface area contributed by atoms with Crippen LogP contribution >= 0.6 is 0 Å². The van der Waals surface area contributed by atoms with Crippen LogP contribution in [0.25, 0.3) is 0 Å². The van der Waals surface area contributed by atoms with Gasteiger partial charge in [-0.1, -0.05) is 38.0 Å². The van der Waals surface area contributed by atoms with Crippen molar-refractivity contribution in [1.29, 1.82) is 0 Å². The van der Waals surface area contributed by atoms with E-state index in [0.29, 0.717) is 5.92 Å². The summed E-state index contributed by atoms with van der Waals surface area (Å²) in [6.45, 7) is 4.05. The molecule has 0 spiro atoms. The van der Waals surface area contributed by atoms with Gasteiger partial charge in [-0.3, -0.25) is 4.79 Å². The van der Waals surface area contributed by atoms with Crippen molar-refractivity contribution < 1.29 is 4.79 Å². The van der Waals surface area contributed by atoms with Crippen molar-refractivity contribution in [3.63, 3.8) is 0 Å². The Morgan fingerprint density at radius 2 is 1.65 bits per heavy atom. The van der Waals surface area contributed by atoms with Crippen molar-refractivity contribution in [1.82, 2.24) is 4.90 Å². The molecule has 122 valence electrons. The van der Waals surface area contributed by atoms with E-state index >= 15 is 0 Å². The first-order valence-corrected chi connectivity index (χ1v) is 9.13. The Balaban J connectivity index is 1.60. The highest BCUT2D eigenvalue weighted by atomic mass is 16.2. The molecule has 1 amide bonds. The molecule has 1 aromatic carbocycles. The van der Waals surface area contributed by atoms with Crippen LogP contribution in [0.4, 0.5) is 0 Å². The molecule has 1 aliphatic carbocycles. The molecular weight excluding hydrogens is 282 g/mol. The van der Waals surface area contributed by atoms with Crippen molar-refractivity contribution in [2.45, 2.75) is 51.9 Å². The quantitative estimate of drug-likeness (QED) is 0.700. The summed E-state index contributed by atoms with van der Waals surface area (Å²) in [5.41, 5.74) is 1.82. The van der Waals surface area contributed by atoms with Crippen molar-refractivity contribution >= 4 is 5.91 Å². The fourth-order valence-electron chi connectivity index (χ4n) is 3.52. The molecule has 0 N–H and O–H groups in total. The van der Waals surface area contributed by atoms with Crippen LogP contribution in [0.1, 0.15) is 67.8 Å². The van der Waals surface area contributed by atoms with Gasteiger partial charge in [-0.25, -0.2) is 0 Å². The fourth-order valence-corrected chi connectivity index (χ4v) is 3.52. The van der Waals surface area contributed by atoms with Crippen LogP contribution in [0.2, 0.25) is 0 Å². The summed E-state index contributed by atoms with van der Waals surface area (Å²) in [7, 11) is 0. The molecule has 3 rings (SSSR count). The highest BCUT2D eigenvalue weighted by Crippen LogP contribution is 2.23. The van der Waals surface area contributed by atoms with E-state index in [4.69, 9.17) is 0 Å². The van der Waals surface area contributed by atoms with Crippen molar-refractivity contribution in [3.8, 4) is 11.8 Å². The number of amides is 1.